The smallest absolute Gasteiger partial charge is 0.389 e. The lowest BCUT2D eigenvalue weighted by Gasteiger charge is -2.25. The number of benzodiazepines with no additional fused rings is 1. The maximum atomic E-state index is 13.3. The number of aliphatic imine (C=N–C) groups is 1. The van der Waals surface area contributed by atoms with Crippen LogP contribution in [0.25, 0.3) is 0 Å². The van der Waals surface area contributed by atoms with Crippen LogP contribution in [0.2, 0.25) is 5.02 Å². The van der Waals surface area contributed by atoms with Crippen molar-refractivity contribution in [1.82, 2.24) is 5.32 Å². The first-order valence-electron chi connectivity index (χ1n) is 11.9. The number of nitrogens with two attached hydrogens (primary N) is 1. The number of rotatable bonds is 10. The number of methoxy groups -OCH3 is 1. The lowest BCUT2D eigenvalue weighted by molar-refractivity contribution is -0.145. The van der Waals surface area contributed by atoms with E-state index in [0.717, 1.165) is 0 Å². The molecule has 1 heterocycles. The highest BCUT2D eigenvalue weighted by molar-refractivity contribution is 6.31. The van der Waals surface area contributed by atoms with Crippen LogP contribution in [0.15, 0.2) is 47.5 Å². The number of carbonyl (C=O) groups is 3. The molecule has 1 aliphatic heterocycles. The first-order valence-corrected chi connectivity index (χ1v) is 12.3. The monoisotopic (exact) mass is 552 g/mol. The Morgan fingerprint density at radius 2 is 1.84 bits per heavy atom. The van der Waals surface area contributed by atoms with Crippen molar-refractivity contribution >= 4 is 40.7 Å². The zero-order valence-corrected chi connectivity index (χ0v) is 21.5. The Morgan fingerprint density at radius 1 is 1.16 bits per heavy atom. The Morgan fingerprint density at radius 3 is 2.42 bits per heavy atom. The number of benzene rings is 2. The molecule has 0 unspecified atom stereocenters. The van der Waals surface area contributed by atoms with E-state index in [-0.39, 0.29) is 6.42 Å². The number of fused-ring (bicyclic) bond motifs is 1. The molecule has 0 saturated carbocycles. The van der Waals surface area contributed by atoms with Gasteiger partial charge in [-0.25, -0.2) is 4.99 Å². The minimum atomic E-state index is -4.52. The molecule has 1 aliphatic rings. The molecule has 0 aliphatic carbocycles. The summed E-state index contributed by atoms with van der Waals surface area (Å²) in [6.07, 6.45) is -7.41. The highest BCUT2D eigenvalue weighted by Gasteiger charge is 2.38. The van der Waals surface area contributed by atoms with Crippen molar-refractivity contribution < 1.29 is 32.3 Å². The lowest BCUT2D eigenvalue weighted by atomic mass is 9.83. The van der Waals surface area contributed by atoms with Gasteiger partial charge in [-0.1, -0.05) is 49.2 Å². The molecular weight excluding hydrogens is 525 g/mol. The lowest BCUT2D eigenvalue weighted by Crippen LogP contribution is -2.48. The molecule has 38 heavy (non-hydrogen) atoms. The molecule has 2 aromatic carbocycles. The highest BCUT2D eigenvalue weighted by atomic mass is 35.5. The number of primary amides is 1. The number of amides is 3. The van der Waals surface area contributed by atoms with Gasteiger partial charge in [0.15, 0.2) is 0 Å². The number of anilines is 1. The van der Waals surface area contributed by atoms with Crippen molar-refractivity contribution in [3.05, 3.63) is 58.6 Å². The Hall–Kier alpha value is -3.60. The van der Waals surface area contributed by atoms with E-state index < -0.39 is 54.7 Å². The number of hydrogen-bond acceptors (Lipinski definition) is 5. The van der Waals surface area contributed by atoms with Crippen LogP contribution >= 0.6 is 11.6 Å². The van der Waals surface area contributed by atoms with Crippen LogP contribution in [-0.2, 0) is 14.4 Å². The summed E-state index contributed by atoms with van der Waals surface area (Å²) in [4.78, 5) is 43.1. The minimum Gasteiger partial charge on any atom is -0.495 e. The number of alkyl halides is 3. The number of ether oxygens (including phenoxy) is 1. The van der Waals surface area contributed by atoms with Gasteiger partial charge in [0.05, 0.1) is 18.5 Å². The second kappa shape index (κ2) is 12.3. The van der Waals surface area contributed by atoms with Crippen LogP contribution in [0, 0.1) is 11.8 Å². The molecule has 3 atom stereocenters. The number of nitrogens with zero attached hydrogens (tertiary/aromatic N) is 1. The van der Waals surface area contributed by atoms with Gasteiger partial charge in [0, 0.05) is 34.4 Å². The van der Waals surface area contributed by atoms with Crippen LogP contribution in [0.5, 0.6) is 5.75 Å². The van der Waals surface area contributed by atoms with Crippen LogP contribution in [0.3, 0.4) is 0 Å². The molecule has 12 heteroatoms. The van der Waals surface area contributed by atoms with Crippen molar-refractivity contribution in [3.8, 4) is 5.75 Å². The third-order valence-electron chi connectivity index (χ3n) is 6.18. The molecule has 204 valence electrons. The first-order chi connectivity index (χ1) is 17.9. The molecule has 0 radical (unpaired) electrons. The second-order valence-electron chi connectivity index (χ2n) is 8.83. The average Bonchev–Trinajstić information content (AvgIpc) is 2.99. The fraction of sp³-hybridized carbons (Fsp3) is 0.385. The van der Waals surface area contributed by atoms with Gasteiger partial charge in [-0.2, -0.15) is 13.2 Å². The fourth-order valence-electron chi connectivity index (χ4n) is 4.34. The predicted octanol–water partition coefficient (Wildman–Crippen LogP) is 4.44. The van der Waals surface area contributed by atoms with Crippen molar-refractivity contribution in [2.45, 2.75) is 44.9 Å². The number of hydrogen-bond donors (Lipinski definition) is 3. The molecule has 0 saturated heterocycles. The molecule has 3 rings (SSSR count). The summed E-state index contributed by atoms with van der Waals surface area (Å²) in [7, 11) is 1.44. The van der Waals surface area contributed by atoms with Crippen LogP contribution in [0.1, 0.15) is 43.7 Å². The summed E-state index contributed by atoms with van der Waals surface area (Å²) in [5.74, 6) is -4.71. The molecule has 3 amide bonds. The van der Waals surface area contributed by atoms with Crippen LogP contribution < -0.4 is 21.1 Å². The summed E-state index contributed by atoms with van der Waals surface area (Å²) < 4.78 is 44.0. The number of halogens is 4. The largest absolute Gasteiger partial charge is 0.495 e. The Labute approximate surface area is 222 Å². The maximum absolute atomic E-state index is 13.3. The van der Waals surface area contributed by atoms with Crippen molar-refractivity contribution in [3.63, 3.8) is 0 Å². The van der Waals surface area contributed by atoms with E-state index in [1.54, 1.807) is 49.4 Å². The number of carbonyl (C=O) groups excluding carboxylic acids is 3. The van der Waals surface area contributed by atoms with E-state index in [1.807, 2.05) is 0 Å². The minimum absolute atomic E-state index is 0.0907. The van der Waals surface area contributed by atoms with E-state index in [2.05, 4.69) is 15.6 Å². The molecule has 0 aromatic heterocycles. The van der Waals surface area contributed by atoms with Crippen LogP contribution in [-0.4, -0.2) is 42.9 Å². The van der Waals surface area contributed by atoms with Gasteiger partial charge in [0.2, 0.25) is 18.0 Å². The number of para-hydroxylation sites is 1. The van der Waals surface area contributed by atoms with E-state index in [0.29, 0.717) is 39.7 Å². The molecule has 0 spiro atoms. The predicted molar refractivity (Wildman–Crippen MR) is 137 cm³/mol. The third-order valence-corrected chi connectivity index (χ3v) is 6.43. The van der Waals surface area contributed by atoms with Crippen LogP contribution in [0.4, 0.5) is 18.9 Å². The summed E-state index contributed by atoms with van der Waals surface area (Å²) >= 11 is 6.03. The zero-order chi connectivity index (χ0) is 28.0. The van der Waals surface area contributed by atoms with Gasteiger partial charge in [0.25, 0.3) is 5.91 Å². The summed E-state index contributed by atoms with van der Waals surface area (Å²) in [5, 5.41) is 5.71. The van der Waals surface area contributed by atoms with Crippen molar-refractivity contribution in [2.75, 3.05) is 12.4 Å². The molecule has 4 N–H and O–H groups in total. The van der Waals surface area contributed by atoms with Gasteiger partial charge in [0.1, 0.15) is 5.75 Å². The van der Waals surface area contributed by atoms with E-state index in [4.69, 9.17) is 22.1 Å². The molecule has 2 aromatic rings. The number of nitrogens with one attached hydrogen (secondary N) is 2. The Bertz CT molecular complexity index is 1220. The molecular formula is C26H28ClF3N4O4. The topological polar surface area (TPSA) is 123 Å². The molecule has 8 nitrogen and oxygen atoms in total. The normalized spacial score (nSPS) is 16.8. The average molecular weight is 553 g/mol. The van der Waals surface area contributed by atoms with Gasteiger partial charge >= 0.3 is 6.18 Å². The standard InChI is InChI=1S/C26H28ClF3N4O4/c1-3-5-17(16(22(31)35)12-13-26(28,29)30)24(36)34-23-25(37)33-21-18(6-4-7-19(21)38-2)20(32-23)14-8-10-15(27)11-9-14/h4,6-11,16-17,23H,3,5,12-13H2,1-2H3,(H2,31,35)(H,33,37)(H,34,36)/t16-,17+,23-/m1/s1. The fourth-order valence-corrected chi connectivity index (χ4v) is 4.47. The van der Waals surface area contributed by atoms with E-state index in [9.17, 15) is 27.6 Å². The Balaban J connectivity index is 2.00. The van der Waals surface area contributed by atoms with E-state index in [1.165, 1.54) is 7.11 Å². The van der Waals surface area contributed by atoms with Gasteiger partial charge in [-0.3, -0.25) is 14.4 Å². The third kappa shape index (κ3) is 7.03. The first kappa shape index (κ1) is 29.0. The second-order valence-corrected chi connectivity index (χ2v) is 9.26. The van der Waals surface area contributed by atoms with Crippen molar-refractivity contribution in [2.24, 2.45) is 22.6 Å². The summed E-state index contributed by atoms with van der Waals surface area (Å²) in [5.41, 5.74) is 7.18. The maximum Gasteiger partial charge on any atom is 0.389 e. The molecule has 0 fully saturated rings. The van der Waals surface area contributed by atoms with Gasteiger partial charge in [-0.15, -0.1) is 0 Å². The van der Waals surface area contributed by atoms with Gasteiger partial charge < -0.3 is 21.1 Å². The molecule has 0 bridgehead atoms. The Kier molecular flexibility index (Phi) is 9.37. The summed E-state index contributed by atoms with van der Waals surface area (Å²) in [6, 6.07) is 11.7. The van der Waals surface area contributed by atoms with E-state index >= 15 is 0 Å². The summed E-state index contributed by atoms with van der Waals surface area (Å²) in [6.45, 7) is 1.72. The SMILES string of the molecule is CCC[C@H](C(=O)N[C@H]1N=C(c2ccc(Cl)cc2)c2cccc(OC)c2NC1=O)[C@@H](CCC(F)(F)F)C(N)=O. The van der Waals surface area contributed by atoms with Gasteiger partial charge in [-0.05, 0) is 31.0 Å². The highest BCUT2D eigenvalue weighted by Crippen LogP contribution is 2.33. The van der Waals surface area contributed by atoms with Crippen molar-refractivity contribution in [1.29, 1.82) is 0 Å². The zero-order valence-electron chi connectivity index (χ0n) is 20.8. The quantitative estimate of drug-likeness (QED) is 0.403.